The van der Waals surface area contributed by atoms with Crippen LogP contribution < -0.4 is 10.2 Å². The topological polar surface area (TPSA) is 38.8 Å². The highest BCUT2D eigenvalue weighted by Crippen LogP contribution is 2.39. The van der Waals surface area contributed by atoms with Crippen LogP contribution in [0, 0.1) is 0 Å². The molecule has 0 aliphatic carbocycles. The maximum absolute atomic E-state index is 13.0. The number of fused-ring (bicyclic) bond motifs is 4. The monoisotopic (exact) mass is 522 g/mol. The number of carbonyl (C=O) groups excluding carboxylic acids is 1. The van der Waals surface area contributed by atoms with Gasteiger partial charge in [-0.3, -0.25) is 9.69 Å². The van der Waals surface area contributed by atoms with Crippen LogP contribution in [-0.4, -0.2) is 60.1 Å². The predicted octanol–water partition coefficient (Wildman–Crippen LogP) is 4.85. The molecule has 180 valence electrons. The zero-order valence-corrected chi connectivity index (χ0v) is 21.5. The van der Waals surface area contributed by atoms with Crippen molar-refractivity contribution in [3.63, 3.8) is 0 Å². The van der Waals surface area contributed by atoms with Crippen molar-refractivity contribution in [3.8, 4) is 0 Å². The van der Waals surface area contributed by atoms with E-state index in [9.17, 15) is 4.79 Å². The van der Waals surface area contributed by atoms with E-state index in [0.717, 1.165) is 75.7 Å². The van der Waals surface area contributed by atoms with E-state index in [1.165, 1.54) is 35.3 Å². The van der Waals surface area contributed by atoms with Gasteiger partial charge in [0.2, 0.25) is 5.91 Å². The lowest BCUT2D eigenvalue weighted by molar-refractivity contribution is -0.129. The number of likely N-dealkylation sites (tertiary alicyclic amines) is 1. The number of aryl methyl sites for hydroxylation is 2. The SMILES string of the molecule is O=C1NC2CCCCN2C12CCN(CCCN1c3ccccc3CCc3ccc(Br)cc31)CC2. The molecule has 1 spiro atoms. The number of nitrogens with zero attached hydrogens (tertiary/aromatic N) is 3. The van der Waals surface area contributed by atoms with Gasteiger partial charge in [-0.05, 0) is 87.2 Å². The largest absolute Gasteiger partial charge is 0.341 e. The van der Waals surface area contributed by atoms with Crippen LogP contribution in [0.3, 0.4) is 0 Å². The van der Waals surface area contributed by atoms with E-state index in [1.807, 2.05) is 0 Å². The Balaban J connectivity index is 1.12. The minimum absolute atomic E-state index is 0.240. The van der Waals surface area contributed by atoms with Crippen molar-refractivity contribution in [1.82, 2.24) is 15.1 Å². The van der Waals surface area contributed by atoms with Crippen LogP contribution >= 0.6 is 15.9 Å². The van der Waals surface area contributed by atoms with Gasteiger partial charge in [-0.1, -0.05) is 40.2 Å². The van der Waals surface area contributed by atoms with Crippen molar-refractivity contribution in [2.24, 2.45) is 0 Å². The minimum atomic E-state index is -0.240. The first-order chi connectivity index (χ1) is 16.6. The Morgan fingerprint density at radius 1 is 0.941 bits per heavy atom. The van der Waals surface area contributed by atoms with Gasteiger partial charge in [0.1, 0.15) is 5.54 Å². The number of nitrogens with one attached hydrogen (secondary N) is 1. The summed E-state index contributed by atoms with van der Waals surface area (Å²) in [5, 5.41) is 3.30. The van der Waals surface area contributed by atoms with Crippen LogP contribution in [-0.2, 0) is 17.6 Å². The average Bonchev–Trinajstić information content (AvgIpc) is 3.03. The second-order valence-electron chi connectivity index (χ2n) is 10.5. The van der Waals surface area contributed by atoms with Gasteiger partial charge in [-0.2, -0.15) is 0 Å². The van der Waals surface area contributed by atoms with Crippen LogP contribution in [0.1, 0.15) is 49.7 Å². The zero-order chi connectivity index (χ0) is 23.1. The number of anilines is 2. The number of hydrogen-bond acceptors (Lipinski definition) is 4. The molecule has 0 radical (unpaired) electrons. The van der Waals surface area contributed by atoms with Crippen molar-refractivity contribution in [1.29, 1.82) is 0 Å². The maximum atomic E-state index is 13.0. The van der Waals surface area contributed by atoms with Gasteiger partial charge >= 0.3 is 0 Å². The van der Waals surface area contributed by atoms with Crippen LogP contribution in [0.4, 0.5) is 11.4 Å². The molecule has 0 aromatic heterocycles. The van der Waals surface area contributed by atoms with E-state index in [4.69, 9.17) is 0 Å². The first-order valence-corrected chi connectivity index (χ1v) is 13.9. The number of hydrogen-bond donors (Lipinski definition) is 1. The summed E-state index contributed by atoms with van der Waals surface area (Å²) in [6.45, 7) is 5.22. The molecule has 6 heteroatoms. The lowest BCUT2D eigenvalue weighted by atomic mass is 9.85. The molecular formula is C28H35BrN4O. The molecule has 1 unspecified atom stereocenters. The quantitative estimate of drug-likeness (QED) is 0.622. The summed E-state index contributed by atoms with van der Waals surface area (Å²) in [6.07, 6.45) is 9.11. The van der Waals surface area contributed by atoms with Crippen molar-refractivity contribution in [2.75, 3.05) is 37.6 Å². The molecule has 4 aliphatic heterocycles. The number of para-hydroxylation sites is 1. The van der Waals surface area contributed by atoms with Crippen LogP contribution in [0.2, 0.25) is 0 Å². The van der Waals surface area contributed by atoms with Gasteiger partial charge < -0.3 is 15.1 Å². The van der Waals surface area contributed by atoms with Gasteiger partial charge in [0.05, 0.1) is 6.17 Å². The molecule has 1 amide bonds. The molecule has 1 atom stereocenters. The number of piperidine rings is 2. The van der Waals surface area contributed by atoms with E-state index in [1.54, 1.807) is 0 Å². The van der Waals surface area contributed by atoms with E-state index < -0.39 is 0 Å². The average molecular weight is 524 g/mol. The summed E-state index contributed by atoms with van der Waals surface area (Å²) in [5.41, 5.74) is 5.34. The first-order valence-electron chi connectivity index (χ1n) is 13.1. The Bertz CT molecular complexity index is 1060. The second-order valence-corrected chi connectivity index (χ2v) is 11.4. The molecule has 1 N–H and O–H groups in total. The molecule has 4 heterocycles. The Kier molecular flexibility index (Phi) is 6.16. The molecule has 0 saturated carbocycles. The number of rotatable bonds is 4. The highest BCUT2D eigenvalue weighted by atomic mass is 79.9. The van der Waals surface area contributed by atoms with Gasteiger partial charge in [0, 0.05) is 42.0 Å². The van der Waals surface area contributed by atoms with Gasteiger partial charge in [-0.25, -0.2) is 0 Å². The van der Waals surface area contributed by atoms with E-state index >= 15 is 0 Å². The third-order valence-corrected chi connectivity index (χ3v) is 9.09. The highest BCUT2D eigenvalue weighted by molar-refractivity contribution is 9.10. The fourth-order valence-corrected chi connectivity index (χ4v) is 7.10. The number of amides is 1. The number of carbonyl (C=O) groups is 1. The Morgan fingerprint density at radius 2 is 1.74 bits per heavy atom. The summed E-state index contributed by atoms with van der Waals surface area (Å²) in [6, 6.07) is 15.6. The summed E-state index contributed by atoms with van der Waals surface area (Å²) in [4.78, 5) is 20.6. The van der Waals surface area contributed by atoms with Gasteiger partial charge in [0.25, 0.3) is 0 Å². The van der Waals surface area contributed by atoms with Crippen molar-refractivity contribution in [3.05, 3.63) is 58.1 Å². The highest BCUT2D eigenvalue weighted by Gasteiger charge is 2.54. The third-order valence-electron chi connectivity index (χ3n) is 8.60. The molecule has 3 fully saturated rings. The lowest BCUT2D eigenvalue weighted by Crippen LogP contribution is -2.58. The molecule has 34 heavy (non-hydrogen) atoms. The minimum Gasteiger partial charge on any atom is -0.341 e. The standard InChI is InChI=1S/C28H35BrN4O/c29-23-12-11-22-10-9-21-6-1-2-7-24(21)32(25(22)20-23)16-5-15-31-18-13-28(14-19-31)27(34)30-26-8-3-4-17-33(26)28/h1-2,6-7,11-12,20,26H,3-5,8-10,13-19H2,(H,30,34). The number of benzene rings is 2. The molecule has 3 saturated heterocycles. The van der Waals surface area contributed by atoms with Crippen molar-refractivity contribution < 1.29 is 4.79 Å². The summed E-state index contributed by atoms with van der Waals surface area (Å²) < 4.78 is 1.14. The summed E-state index contributed by atoms with van der Waals surface area (Å²) in [7, 11) is 0. The van der Waals surface area contributed by atoms with Crippen molar-refractivity contribution in [2.45, 2.75) is 63.1 Å². The molecule has 2 aromatic rings. The normalized spacial score (nSPS) is 24.3. The van der Waals surface area contributed by atoms with E-state index in [2.05, 4.69) is 78.4 Å². The van der Waals surface area contributed by atoms with Crippen LogP contribution in [0.15, 0.2) is 46.9 Å². The smallest absolute Gasteiger partial charge is 0.241 e. The molecule has 0 bridgehead atoms. The molecule has 2 aromatic carbocycles. The maximum Gasteiger partial charge on any atom is 0.241 e. The van der Waals surface area contributed by atoms with Gasteiger partial charge in [0.15, 0.2) is 0 Å². The fourth-order valence-electron chi connectivity index (χ4n) is 6.75. The fraction of sp³-hybridized carbons (Fsp3) is 0.536. The van der Waals surface area contributed by atoms with Gasteiger partial charge in [-0.15, -0.1) is 0 Å². The Hall–Kier alpha value is -1.89. The molecule has 6 rings (SSSR count). The summed E-state index contributed by atoms with van der Waals surface area (Å²) >= 11 is 3.70. The summed E-state index contributed by atoms with van der Waals surface area (Å²) in [5.74, 6) is 0.294. The number of halogens is 1. The van der Waals surface area contributed by atoms with E-state index in [0.29, 0.717) is 5.91 Å². The van der Waals surface area contributed by atoms with Crippen LogP contribution in [0.5, 0.6) is 0 Å². The van der Waals surface area contributed by atoms with Crippen LogP contribution in [0.25, 0.3) is 0 Å². The molecular weight excluding hydrogens is 488 g/mol. The lowest BCUT2D eigenvalue weighted by Gasteiger charge is -2.45. The van der Waals surface area contributed by atoms with Crippen molar-refractivity contribution >= 4 is 33.2 Å². The Morgan fingerprint density at radius 3 is 2.59 bits per heavy atom. The first kappa shape index (κ1) is 22.6. The predicted molar refractivity (Wildman–Crippen MR) is 141 cm³/mol. The van der Waals surface area contributed by atoms with E-state index in [-0.39, 0.29) is 11.7 Å². The second kappa shape index (κ2) is 9.29. The zero-order valence-electron chi connectivity index (χ0n) is 19.9. The molecule has 4 aliphatic rings. The Labute approximate surface area is 211 Å². The molecule has 5 nitrogen and oxygen atoms in total. The third kappa shape index (κ3) is 3.98.